The van der Waals surface area contributed by atoms with E-state index in [-0.39, 0.29) is 18.4 Å². The molecule has 5 nitrogen and oxygen atoms in total. The Morgan fingerprint density at radius 3 is 2.33 bits per heavy atom. The van der Waals surface area contributed by atoms with Crippen LogP contribution in [0.5, 0.6) is 0 Å². The molecule has 27 heavy (non-hydrogen) atoms. The van der Waals surface area contributed by atoms with Gasteiger partial charge in [-0.1, -0.05) is 81.9 Å². The van der Waals surface area contributed by atoms with Crippen LogP contribution in [0.25, 0.3) is 6.08 Å². The van der Waals surface area contributed by atoms with Crippen LogP contribution in [0.15, 0.2) is 41.0 Å². The summed E-state index contributed by atoms with van der Waals surface area (Å²) in [6, 6.07) is 9.89. The molecule has 2 N–H and O–H groups in total. The highest BCUT2D eigenvalue weighted by Crippen LogP contribution is 2.08. The van der Waals surface area contributed by atoms with Gasteiger partial charge in [0, 0.05) is 6.42 Å². The molecule has 148 valence electrons. The van der Waals surface area contributed by atoms with Crippen LogP contribution in [0.3, 0.4) is 0 Å². The summed E-state index contributed by atoms with van der Waals surface area (Å²) in [5.74, 6) is -0.408. The maximum absolute atomic E-state index is 11.7. The van der Waals surface area contributed by atoms with Gasteiger partial charge >= 0.3 is 0 Å². The number of hydrogen-bond donors (Lipinski definition) is 2. The van der Waals surface area contributed by atoms with Crippen molar-refractivity contribution in [2.45, 2.75) is 65.2 Å². The van der Waals surface area contributed by atoms with Crippen LogP contribution < -0.4 is 10.7 Å². The molecule has 0 saturated carbocycles. The largest absolute Gasteiger partial charge is 0.347 e. The second kappa shape index (κ2) is 14.7. The van der Waals surface area contributed by atoms with E-state index in [0.717, 1.165) is 24.0 Å². The summed E-state index contributed by atoms with van der Waals surface area (Å²) in [5.41, 5.74) is 4.42. The van der Waals surface area contributed by atoms with Gasteiger partial charge in [-0.2, -0.15) is 5.10 Å². The maximum atomic E-state index is 11.7. The molecule has 0 spiro atoms. The lowest BCUT2D eigenvalue weighted by molar-refractivity contribution is -0.126. The third kappa shape index (κ3) is 12.5. The zero-order chi connectivity index (χ0) is 19.7. The summed E-state index contributed by atoms with van der Waals surface area (Å²) in [4.78, 5) is 23.4. The fraction of sp³-hybridized carbons (Fsp3) is 0.500. The van der Waals surface area contributed by atoms with Crippen LogP contribution in [0.1, 0.15) is 70.8 Å². The van der Waals surface area contributed by atoms with Crippen molar-refractivity contribution in [2.75, 3.05) is 6.54 Å². The number of nitrogens with zero attached hydrogens (tertiary/aromatic N) is 1. The molecule has 0 aliphatic heterocycles. The normalized spacial score (nSPS) is 11.6. The van der Waals surface area contributed by atoms with Gasteiger partial charge in [-0.05, 0) is 24.5 Å². The van der Waals surface area contributed by atoms with E-state index in [9.17, 15) is 9.59 Å². The molecule has 0 bridgehead atoms. The van der Waals surface area contributed by atoms with E-state index < -0.39 is 0 Å². The van der Waals surface area contributed by atoms with E-state index in [0.29, 0.717) is 6.42 Å². The smallest absolute Gasteiger partial charge is 0.259 e. The minimum absolute atomic E-state index is 0.0475. The van der Waals surface area contributed by atoms with Gasteiger partial charge in [-0.3, -0.25) is 9.59 Å². The molecule has 0 fully saturated rings. The minimum atomic E-state index is -0.327. The summed E-state index contributed by atoms with van der Waals surface area (Å²) in [7, 11) is 0. The molecule has 2 amide bonds. The Labute approximate surface area is 163 Å². The lowest BCUT2D eigenvalue weighted by Gasteiger charge is -2.04. The van der Waals surface area contributed by atoms with Crippen LogP contribution >= 0.6 is 0 Å². The van der Waals surface area contributed by atoms with Crippen molar-refractivity contribution in [3.8, 4) is 0 Å². The Kier molecular flexibility index (Phi) is 12.3. The number of rotatable bonds is 13. The van der Waals surface area contributed by atoms with Gasteiger partial charge in [0.05, 0.1) is 12.8 Å². The van der Waals surface area contributed by atoms with Crippen molar-refractivity contribution in [2.24, 2.45) is 5.10 Å². The van der Waals surface area contributed by atoms with Crippen LogP contribution in [-0.4, -0.2) is 24.6 Å². The second-order valence-electron chi connectivity index (χ2n) is 6.74. The molecule has 0 unspecified atom stereocenters. The molecule has 1 rings (SSSR count). The minimum Gasteiger partial charge on any atom is -0.347 e. The van der Waals surface area contributed by atoms with Crippen LogP contribution in [0.4, 0.5) is 0 Å². The molecule has 1 aromatic rings. The predicted octanol–water partition coefficient (Wildman–Crippen LogP) is 4.45. The summed E-state index contributed by atoms with van der Waals surface area (Å²) in [6.45, 7) is 4.06. The number of hydrazone groups is 1. The van der Waals surface area contributed by atoms with E-state index >= 15 is 0 Å². The Hall–Kier alpha value is -2.43. The highest BCUT2D eigenvalue weighted by molar-refractivity contribution is 5.87. The third-order valence-electron chi connectivity index (χ3n) is 4.10. The van der Waals surface area contributed by atoms with Crippen LogP contribution in [0.2, 0.25) is 0 Å². The Morgan fingerprint density at radius 1 is 0.963 bits per heavy atom. The number of carbonyl (C=O) groups is 2. The first kappa shape index (κ1) is 22.6. The number of carbonyl (C=O) groups excluding carboxylic acids is 2. The second-order valence-corrected chi connectivity index (χ2v) is 6.74. The van der Waals surface area contributed by atoms with Gasteiger partial charge in [-0.15, -0.1) is 0 Å². The van der Waals surface area contributed by atoms with Gasteiger partial charge in [0.15, 0.2) is 0 Å². The van der Waals surface area contributed by atoms with Gasteiger partial charge < -0.3 is 5.32 Å². The van der Waals surface area contributed by atoms with Gasteiger partial charge in [0.2, 0.25) is 5.91 Å². The number of benzene rings is 1. The summed E-state index contributed by atoms with van der Waals surface area (Å²) >= 11 is 0. The maximum Gasteiger partial charge on any atom is 0.259 e. The van der Waals surface area contributed by atoms with E-state index in [1.807, 2.05) is 43.3 Å². The number of allylic oxidation sites excluding steroid dienone is 1. The quantitative estimate of drug-likeness (QED) is 0.305. The fourth-order valence-electron chi connectivity index (χ4n) is 2.60. The summed E-state index contributed by atoms with van der Waals surface area (Å²) in [5, 5.41) is 6.54. The van der Waals surface area contributed by atoms with Gasteiger partial charge in [0.1, 0.15) is 0 Å². The van der Waals surface area contributed by atoms with E-state index in [1.54, 1.807) is 6.21 Å². The Bertz CT molecular complexity index is 609. The van der Waals surface area contributed by atoms with E-state index in [2.05, 4.69) is 22.8 Å². The zero-order valence-corrected chi connectivity index (χ0v) is 16.7. The number of hydrogen-bond acceptors (Lipinski definition) is 3. The molecule has 5 heteroatoms. The van der Waals surface area contributed by atoms with Gasteiger partial charge in [0.25, 0.3) is 5.91 Å². The SMILES string of the molecule is CCCCCCCCCC(=O)NCC(=O)N/N=C\C(C)=C/c1ccccc1. The van der Waals surface area contributed by atoms with Crippen LogP contribution in [0, 0.1) is 0 Å². The molecular weight excluding hydrogens is 338 g/mol. The molecule has 0 saturated heterocycles. The highest BCUT2D eigenvalue weighted by Gasteiger charge is 2.04. The monoisotopic (exact) mass is 371 g/mol. The molecule has 0 radical (unpaired) electrons. The molecule has 0 heterocycles. The molecular formula is C22H33N3O2. The predicted molar refractivity (Wildman–Crippen MR) is 112 cm³/mol. The number of amides is 2. The van der Waals surface area contributed by atoms with Crippen molar-refractivity contribution >= 4 is 24.1 Å². The lowest BCUT2D eigenvalue weighted by atomic mass is 10.1. The lowest BCUT2D eigenvalue weighted by Crippen LogP contribution is -2.34. The molecule has 0 atom stereocenters. The van der Waals surface area contributed by atoms with E-state index in [4.69, 9.17) is 0 Å². The molecule has 0 aliphatic rings. The summed E-state index contributed by atoms with van der Waals surface area (Å²) < 4.78 is 0. The molecule has 0 aliphatic carbocycles. The van der Waals surface area contributed by atoms with Crippen LogP contribution in [-0.2, 0) is 9.59 Å². The first-order chi connectivity index (χ1) is 13.1. The Morgan fingerprint density at radius 2 is 1.63 bits per heavy atom. The topological polar surface area (TPSA) is 70.6 Å². The van der Waals surface area contributed by atoms with Crippen molar-refractivity contribution in [1.29, 1.82) is 0 Å². The standard InChI is InChI=1S/C22H33N3O2/c1-3-4-5-6-7-8-12-15-21(26)23-18-22(27)25-24-17-19(2)16-20-13-10-9-11-14-20/h9-11,13-14,16-17H,3-8,12,15,18H2,1-2H3,(H,23,26)(H,25,27)/b19-16-,24-17-. The zero-order valence-electron chi connectivity index (χ0n) is 16.7. The Balaban J connectivity index is 2.12. The first-order valence-electron chi connectivity index (χ1n) is 9.93. The number of unbranched alkanes of at least 4 members (excludes halogenated alkanes) is 6. The fourth-order valence-corrected chi connectivity index (χ4v) is 2.60. The third-order valence-corrected chi connectivity index (χ3v) is 4.10. The average Bonchev–Trinajstić information content (AvgIpc) is 2.66. The van der Waals surface area contributed by atoms with Crippen molar-refractivity contribution in [1.82, 2.24) is 10.7 Å². The average molecular weight is 372 g/mol. The van der Waals surface area contributed by atoms with Crippen molar-refractivity contribution in [3.63, 3.8) is 0 Å². The molecule has 1 aromatic carbocycles. The van der Waals surface area contributed by atoms with Gasteiger partial charge in [-0.25, -0.2) is 5.43 Å². The van der Waals surface area contributed by atoms with Crippen molar-refractivity contribution < 1.29 is 9.59 Å². The highest BCUT2D eigenvalue weighted by atomic mass is 16.2. The van der Waals surface area contributed by atoms with E-state index in [1.165, 1.54) is 32.1 Å². The van der Waals surface area contributed by atoms with Crippen molar-refractivity contribution in [3.05, 3.63) is 41.5 Å². The number of nitrogens with one attached hydrogen (secondary N) is 2. The summed E-state index contributed by atoms with van der Waals surface area (Å²) in [6.07, 6.45) is 12.2. The molecule has 0 aromatic heterocycles. The first-order valence-corrected chi connectivity index (χ1v) is 9.93.